The number of nitrogens with two attached hydrogens (primary N) is 1. The van der Waals surface area contributed by atoms with Crippen LogP contribution in [0.5, 0.6) is 0 Å². The molecule has 0 heterocycles. The van der Waals surface area contributed by atoms with Crippen molar-refractivity contribution in [2.75, 3.05) is 31.7 Å². The quantitative estimate of drug-likeness (QED) is 0.357. The van der Waals surface area contributed by atoms with E-state index in [-0.39, 0.29) is 17.1 Å². The molecule has 1 rings (SSSR count). The molecule has 0 aliphatic carbocycles. The summed E-state index contributed by atoms with van der Waals surface area (Å²) in [5, 5.41) is 11.2. The van der Waals surface area contributed by atoms with Gasteiger partial charge in [0.05, 0.1) is 6.61 Å². The fourth-order valence-electron chi connectivity index (χ4n) is 1.70. The number of amidine groups is 1. The average Bonchev–Trinajstić information content (AvgIpc) is 2.40. The molecule has 0 aliphatic heterocycles. The van der Waals surface area contributed by atoms with Crippen LogP contribution in [0.2, 0.25) is 0 Å². The predicted octanol–water partition coefficient (Wildman–Crippen LogP) is 1.53. The van der Waals surface area contributed by atoms with E-state index in [1.807, 2.05) is 0 Å². The number of oxime groups is 1. The van der Waals surface area contributed by atoms with E-state index >= 15 is 0 Å². The SMILES string of the molecule is CCN(CCOC)c1c(F)cc(C(N)=NO)cc1F. The van der Waals surface area contributed by atoms with Crippen LogP contribution >= 0.6 is 0 Å². The van der Waals surface area contributed by atoms with E-state index in [0.717, 1.165) is 12.1 Å². The molecule has 0 spiro atoms. The highest BCUT2D eigenvalue weighted by Gasteiger charge is 2.18. The fourth-order valence-corrected chi connectivity index (χ4v) is 1.70. The second-order valence-electron chi connectivity index (χ2n) is 3.85. The Hall–Kier alpha value is -1.89. The number of anilines is 1. The molecule has 0 aliphatic rings. The normalized spacial score (nSPS) is 11.7. The van der Waals surface area contributed by atoms with E-state index in [9.17, 15) is 8.78 Å². The molecule has 19 heavy (non-hydrogen) atoms. The summed E-state index contributed by atoms with van der Waals surface area (Å²) in [4.78, 5) is 1.52. The molecule has 7 heteroatoms. The van der Waals surface area contributed by atoms with E-state index in [1.54, 1.807) is 6.92 Å². The highest BCUT2D eigenvalue weighted by Crippen LogP contribution is 2.24. The fraction of sp³-hybridized carbons (Fsp3) is 0.417. The largest absolute Gasteiger partial charge is 0.409 e. The van der Waals surface area contributed by atoms with Gasteiger partial charge in [0, 0.05) is 25.8 Å². The molecule has 1 aromatic carbocycles. The van der Waals surface area contributed by atoms with Crippen LogP contribution in [0.15, 0.2) is 17.3 Å². The van der Waals surface area contributed by atoms with Crippen molar-refractivity contribution in [2.45, 2.75) is 6.92 Å². The van der Waals surface area contributed by atoms with Gasteiger partial charge in [0.2, 0.25) is 0 Å². The topological polar surface area (TPSA) is 71.1 Å². The lowest BCUT2D eigenvalue weighted by atomic mass is 10.1. The van der Waals surface area contributed by atoms with Crippen molar-refractivity contribution in [3.63, 3.8) is 0 Å². The summed E-state index contributed by atoms with van der Waals surface area (Å²) in [5.74, 6) is -1.87. The molecule has 1 aromatic rings. The highest BCUT2D eigenvalue weighted by molar-refractivity contribution is 5.97. The number of ether oxygens (including phenoxy) is 1. The molecule has 0 bridgehead atoms. The van der Waals surface area contributed by atoms with Crippen LogP contribution in [-0.4, -0.2) is 37.8 Å². The van der Waals surface area contributed by atoms with Gasteiger partial charge in [-0.05, 0) is 19.1 Å². The van der Waals surface area contributed by atoms with Crippen LogP contribution in [0.25, 0.3) is 0 Å². The Kier molecular flexibility index (Phi) is 5.50. The van der Waals surface area contributed by atoms with E-state index in [2.05, 4.69) is 5.16 Å². The van der Waals surface area contributed by atoms with E-state index in [4.69, 9.17) is 15.7 Å². The Morgan fingerprint density at radius 3 is 2.42 bits per heavy atom. The zero-order valence-electron chi connectivity index (χ0n) is 10.9. The van der Waals surface area contributed by atoms with E-state index in [1.165, 1.54) is 12.0 Å². The van der Waals surface area contributed by atoms with Crippen molar-refractivity contribution in [2.24, 2.45) is 10.9 Å². The minimum atomic E-state index is -0.764. The zero-order valence-corrected chi connectivity index (χ0v) is 10.9. The lowest BCUT2D eigenvalue weighted by Gasteiger charge is -2.24. The molecule has 0 unspecified atom stereocenters. The monoisotopic (exact) mass is 273 g/mol. The van der Waals surface area contributed by atoms with Gasteiger partial charge in [-0.2, -0.15) is 0 Å². The third-order valence-electron chi connectivity index (χ3n) is 2.68. The van der Waals surface area contributed by atoms with E-state index in [0.29, 0.717) is 19.7 Å². The van der Waals surface area contributed by atoms with Gasteiger partial charge in [0.15, 0.2) is 5.84 Å². The second-order valence-corrected chi connectivity index (χ2v) is 3.85. The van der Waals surface area contributed by atoms with E-state index < -0.39 is 11.6 Å². The van der Waals surface area contributed by atoms with Crippen molar-refractivity contribution in [1.82, 2.24) is 0 Å². The maximum atomic E-state index is 14.0. The minimum Gasteiger partial charge on any atom is -0.409 e. The number of rotatable bonds is 6. The Morgan fingerprint density at radius 1 is 1.42 bits per heavy atom. The number of halogens is 2. The first-order valence-electron chi connectivity index (χ1n) is 5.76. The maximum Gasteiger partial charge on any atom is 0.170 e. The smallest absolute Gasteiger partial charge is 0.170 e. The Bertz CT molecular complexity index is 443. The first-order valence-corrected chi connectivity index (χ1v) is 5.76. The van der Waals surface area contributed by atoms with Gasteiger partial charge in [-0.15, -0.1) is 0 Å². The minimum absolute atomic E-state index is 0.0101. The molecule has 0 amide bonds. The number of hydrogen-bond donors (Lipinski definition) is 2. The standard InChI is InChI=1S/C12H17F2N3O2/c1-3-17(4-5-19-2)11-9(13)6-8(7-10(11)14)12(15)16-18/h6-7,18H,3-5H2,1-2H3,(H2,15,16). The van der Waals surface area contributed by atoms with Crippen LogP contribution < -0.4 is 10.6 Å². The third-order valence-corrected chi connectivity index (χ3v) is 2.68. The molecule has 0 saturated heterocycles. The summed E-state index contributed by atoms with van der Waals surface area (Å²) in [6.45, 7) is 2.94. The molecule has 0 saturated carbocycles. The molecule has 0 fully saturated rings. The second kappa shape index (κ2) is 6.89. The predicted molar refractivity (Wildman–Crippen MR) is 68.6 cm³/mol. The van der Waals surface area contributed by atoms with Crippen LogP contribution in [0.4, 0.5) is 14.5 Å². The van der Waals surface area contributed by atoms with Gasteiger partial charge >= 0.3 is 0 Å². The zero-order chi connectivity index (χ0) is 14.4. The molecular weight excluding hydrogens is 256 g/mol. The van der Waals surface area contributed by atoms with Gasteiger partial charge in [0.25, 0.3) is 0 Å². The number of nitrogens with zero attached hydrogens (tertiary/aromatic N) is 2. The van der Waals surface area contributed by atoms with Crippen LogP contribution in [0.1, 0.15) is 12.5 Å². The lowest BCUT2D eigenvalue weighted by Crippen LogP contribution is -2.29. The number of hydrogen-bond acceptors (Lipinski definition) is 4. The lowest BCUT2D eigenvalue weighted by molar-refractivity contribution is 0.205. The summed E-state index contributed by atoms with van der Waals surface area (Å²) in [5.41, 5.74) is 5.15. The van der Waals surface area contributed by atoms with Crippen LogP contribution in [0.3, 0.4) is 0 Å². The number of benzene rings is 1. The Labute approximate surface area is 110 Å². The number of likely N-dealkylation sites (N-methyl/N-ethyl adjacent to an activating group) is 1. The van der Waals surface area contributed by atoms with Gasteiger partial charge in [-0.1, -0.05) is 5.16 Å². The third kappa shape index (κ3) is 3.54. The Morgan fingerprint density at radius 2 is 2.00 bits per heavy atom. The van der Waals surface area contributed by atoms with Crippen LogP contribution in [0, 0.1) is 11.6 Å². The van der Waals surface area contributed by atoms with Crippen molar-refractivity contribution in [3.8, 4) is 0 Å². The highest BCUT2D eigenvalue weighted by atomic mass is 19.1. The van der Waals surface area contributed by atoms with Gasteiger partial charge in [-0.3, -0.25) is 0 Å². The molecule has 0 atom stereocenters. The molecule has 3 N–H and O–H groups in total. The molecule has 0 radical (unpaired) electrons. The molecule has 5 nitrogen and oxygen atoms in total. The summed E-state index contributed by atoms with van der Waals surface area (Å²) in [7, 11) is 1.52. The van der Waals surface area contributed by atoms with Crippen molar-refractivity contribution in [1.29, 1.82) is 0 Å². The summed E-state index contributed by atoms with van der Waals surface area (Å²) in [6, 6.07) is 2.06. The summed E-state index contributed by atoms with van der Waals surface area (Å²) < 4.78 is 32.8. The van der Waals surface area contributed by atoms with Gasteiger partial charge in [-0.25, -0.2) is 8.78 Å². The first kappa shape index (κ1) is 15.2. The van der Waals surface area contributed by atoms with Crippen molar-refractivity contribution in [3.05, 3.63) is 29.3 Å². The molecule has 0 aromatic heterocycles. The van der Waals surface area contributed by atoms with Crippen LogP contribution in [-0.2, 0) is 4.74 Å². The Balaban J connectivity index is 3.14. The van der Waals surface area contributed by atoms with Gasteiger partial charge < -0.3 is 20.6 Å². The summed E-state index contributed by atoms with van der Waals surface area (Å²) >= 11 is 0. The number of methoxy groups -OCH3 is 1. The van der Waals surface area contributed by atoms with Crippen molar-refractivity contribution >= 4 is 11.5 Å². The summed E-state index contributed by atoms with van der Waals surface area (Å²) in [6.07, 6.45) is 0. The molecular formula is C12H17F2N3O2. The first-order chi connectivity index (χ1) is 9.04. The van der Waals surface area contributed by atoms with Crippen molar-refractivity contribution < 1.29 is 18.7 Å². The molecule has 106 valence electrons. The maximum absolute atomic E-state index is 14.0. The van der Waals surface area contributed by atoms with Gasteiger partial charge in [0.1, 0.15) is 17.3 Å². The average molecular weight is 273 g/mol.